The average Bonchev–Trinajstić information content (AvgIpc) is 2.65. The minimum absolute atomic E-state index is 0.416. The number of aliphatic hydroxyl groups is 1. The average molecular weight is 233 g/mol. The van der Waals surface area contributed by atoms with Crippen molar-refractivity contribution in [1.82, 2.24) is 0 Å². The highest BCUT2D eigenvalue weighted by Gasteiger charge is 2.45. The van der Waals surface area contributed by atoms with Crippen LogP contribution in [-0.4, -0.2) is 23.1 Å². The highest BCUT2D eigenvalue weighted by Crippen LogP contribution is 2.39. The molecule has 0 aromatic heterocycles. The van der Waals surface area contributed by atoms with Gasteiger partial charge in [0.25, 0.3) is 0 Å². The fraction of sp³-hybridized carbons (Fsp3) is 0.462. The van der Waals surface area contributed by atoms with E-state index in [-0.39, 0.29) is 0 Å². The smallest absolute Gasteiger partial charge is 0.169 e. The van der Waals surface area contributed by atoms with Crippen molar-refractivity contribution in [3.8, 4) is 6.07 Å². The van der Waals surface area contributed by atoms with Gasteiger partial charge in [-0.15, -0.1) is 0 Å². The van der Waals surface area contributed by atoms with E-state index in [9.17, 15) is 5.11 Å². The zero-order chi connectivity index (χ0) is 12.5. The summed E-state index contributed by atoms with van der Waals surface area (Å²) in [6.07, 6.45) is -2.26. The first-order valence-electron chi connectivity index (χ1n) is 5.52. The summed E-state index contributed by atoms with van der Waals surface area (Å²) in [6, 6.07) is 11.3. The van der Waals surface area contributed by atoms with Gasteiger partial charge in [-0.3, -0.25) is 0 Å². The van der Waals surface area contributed by atoms with Crippen molar-refractivity contribution >= 4 is 0 Å². The normalized spacial score (nSPS) is 28.6. The molecule has 1 aliphatic heterocycles. The van der Waals surface area contributed by atoms with Crippen molar-refractivity contribution < 1.29 is 14.6 Å². The van der Waals surface area contributed by atoms with Crippen LogP contribution in [-0.2, 0) is 9.47 Å². The second-order valence-corrected chi connectivity index (χ2v) is 4.51. The highest BCUT2D eigenvalue weighted by atomic mass is 16.8. The summed E-state index contributed by atoms with van der Waals surface area (Å²) < 4.78 is 11.3. The summed E-state index contributed by atoms with van der Waals surface area (Å²) in [4.78, 5) is 0. The van der Waals surface area contributed by atoms with Crippen molar-refractivity contribution in [1.29, 1.82) is 5.26 Å². The second-order valence-electron chi connectivity index (χ2n) is 4.51. The fourth-order valence-electron chi connectivity index (χ4n) is 1.99. The van der Waals surface area contributed by atoms with Gasteiger partial charge in [-0.1, -0.05) is 30.3 Å². The molecule has 1 heterocycles. The van der Waals surface area contributed by atoms with E-state index in [1.807, 2.05) is 30.3 Å². The molecule has 4 heteroatoms. The number of hydrogen-bond donors (Lipinski definition) is 1. The lowest BCUT2D eigenvalue weighted by atomic mass is 10.0. The Balaban J connectivity index is 2.29. The van der Waals surface area contributed by atoms with Crippen molar-refractivity contribution in [2.45, 2.75) is 37.9 Å². The quantitative estimate of drug-likeness (QED) is 0.791. The molecule has 1 aromatic rings. The summed E-state index contributed by atoms with van der Waals surface area (Å²) in [7, 11) is 0. The first-order chi connectivity index (χ1) is 8.03. The minimum Gasteiger partial charge on any atom is -0.375 e. The van der Waals surface area contributed by atoms with Crippen LogP contribution in [0.5, 0.6) is 0 Å². The Bertz CT molecular complexity index is 424. The van der Waals surface area contributed by atoms with Gasteiger partial charge in [0.2, 0.25) is 0 Å². The number of ether oxygens (including phenoxy) is 2. The van der Waals surface area contributed by atoms with Crippen LogP contribution in [0.1, 0.15) is 25.5 Å². The first-order valence-corrected chi connectivity index (χ1v) is 5.52. The summed E-state index contributed by atoms with van der Waals surface area (Å²) in [6.45, 7) is 3.54. The largest absolute Gasteiger partial charge is 0.375 e. The number of benzene rings is 1. The molecule has 0 bridgehead atoms. The molecule has 0 unspecified atom stereocenters. The van der Waals surface area contributed by atoms with Gasteiger partial charge in [0, 0.05) is 0 Å². The predicted octanol–water partition coefficient (Wildman–Crippen LogP) is 1.76. The van der Waals surface area contributed by atoms with Crippen LogP contribution in [0.4, 0.5) is 0 Å². The van der Waals surface area contributed by atoms with Gasteiger partial charge in [-0.2, -0.15) is 5.26 Å². The van der Waals surface area contributed by atoms with Gasteiger partial charge in [0.1, 0.15) is 12.2 Å². The maximum atomic E-state index is 9.66. The van der Waals surface area contributed by atoms with E-state index in [1.165, 1.54) is 0 Å². The summed E-state index contributed by atoms with van der Waals surface area (Å²) in [5.74, 6) is -0.789. The van der Waals surface area contributed by atoms with Crippen molar-refractivity contribution in [2.75, 3.05) is 0 Å². The molecule has 0 saturated carbocycles. The standard InChI is InChI=1S/C13H15NO3/c1-13(2)16-11(9-6-4-3-5-7-9)12(17-13)10(15)8-14/h3-7,10-12,15H,1-2H3/t10-,11-,12+/m0/s1. The van der Waals surface area contributed by atoms with Crippen molar-refractivity contribution in [3.05, 3.63) is 35.9 Å². The van der Waals surface area contributed by atoms with Crippen LogP contribution < -0.4 is 0 Å². The minimum atomic E-state index is -1.19. The lowest BCUT2D eigenvalue weighted by Crippen LogP contribution is -2.30. The molecule has 1 fully saturated rings. The van der Waals surface area contributed by atoms with E-state index >= 15 is 0 Å². The molecule has 0 aliphatic carbocycles. The zero-order valence-electron chi connectivity index (χ0n) is 9.83. The number of nitriles is 1. The molecule has 2 rings (SSSR count). The number of aliphatic hydroxyl groups excluding tert-OH is 1. The Morgan fingerprint density at radius 2 is 1.94 bits per heavy atom. The Morgan fingerprint density at radius 3 is 2.53 bits per heavy atom. The Hall–Kier alpha value is -1.41. The van der Waals surface area contributed by atoms with Crippen LogP contribution in [0.25, 0.3) is 0 Å². The molecule has 90 valence electrons. The van der Waals surface area contributed by atoms with E-state index in [0.717, 1.165) is 5.56 Å². The van der Waals surface area contributed by atoms with Gasteiger partial charge >= 0.3 is 0 Å². The van der Waals surface area contributed by atoms with Crippen LogP contribution in [0.3, 0.4) is 0 Å². The molecule has 0 amide bonds. The van der Waals surface area contributed by atoms with Crippen molar-refractivity contribution in [3.63, 3.8) is 0 Å². The first kappa shape index (κ1) is 12.1. The highest BCUT2D eigenvalue weighted by molar-refractivity contribution is 5.21. The molecule has 1 aromatic carbocycles. The molecular formula is C13H15NO3. The maximum Gasteiger partial charge on any atom is 0.169 e. The van der Waals surface area contributed by atoms with Gasteiger partial charge in [-0.25, -0.2) is 0 Å². The Kier molecular flexibility index (Phi) is 3.16. The molecule has 0 radical (unpaired) electrons. The van der Waals surface area contributed by atoms with Gasteiger partial charge < -0.3 is 14.6 Å². The third-order valence-corrected chi connectivity index (χ3v) is 2.70. The number of hydrogen-bond acceptors (Lipinski definition) is 4. The van der Waals surface area contributed by atoms with E-state index in [1.54, 1.807) is 19.9 Å². The summed E-state index contributed by atoms with van der Waals surface area (Å²) in [5, 5.41) is 18.5. The zero-order valence-corrected chi connectivity index (χ0v) is 9.83. The number of rotatable bonds is 2. The Morgan fingerprint density at radius 1 is 1.29 bits per heavy atom. The maximum absolute atomic E-state index is 9.66. The van der Waals surface area contributed by atoms with Crippen LogP contribution >= 0.6 is 0 Å². The van der Waals surface area contributed by atoms with E-state index in [0.29, 0.717) is 0 Å². The molecule has 1 saturated heterocycles. The van der Waals surface area contributed by atoms with E-state index in [2.05, 4.69) is 0 Å². The molecule has 3 atom stereocenters. The molecule has 0 spiro atoms. The van der Waals surface area contributed by atoms with Crippen molar-refractivity contribution in [2.24, 2.45) is 0 Å². The molecule has 1 N–H and O–H groups in total. The lowest BCUT2D eigenvalue weighted by Gasteiger charge is -2.17. The van der Waals surface area contributed by atoms with E-state index in [4.69, 9.17) is 14.7 Å². The third kappa shape index (κ3) is 2.47. The topological polar surface area (TPSA) is 62.5 Å². The monoisotopic (exact) mass is 233 g/mol. The summed E-state index contributed by atoms with van der Waals surface area (Å²) in [5.41, 5.74) is 0.900. The third-order valence-electron chi connectivity index (χ3n) is 2.70. The van der Waals surface area contributed by atoms with Crippen LogP contribution in [0.2, 0.25) is 0 Å². The van der Waals surface area contributed by atoms with Gasteiger partial charge in [0.05, 0.1) is 6.07 Å². The SMILES string of the molecule is CC1(C)O[C@H]([C@@H](O)C#N)[C@H](c2ccccc2)O1. The number of nitrogens with zero attached hydrogens (tertiary/aromatic N) is 1. The van der Waals surface area contributed by atoms with Gasteiger partial charge in [-0.05, 0) is 19.4 Å². The molecule has 17 heavy (non-hydrogen) atoms. The van der Waals surface area contributed by atoms with E-state index < -0.39 is 24.1 Å². The fourth-order valence-corrected chi connectivity index (χ4v) is 1.99. The Labute approximate surface area is 100 Å². The van der Waals surface area contributed by atoms with Crippen LogP contribution in [0.15, 0.2) is 30.3 Å². The van der Waals surface area contributed by atoms with Crippen LogP contribution in [0, 0.1) is 11.3 Å². The molecular weight excluding hydrogens is 218 g/mol. The lowest BCUT2D eigenvalue weighted by molar-refractivity contribution is -0.152. The van der Waals surface area contributed by atoms with Gasteiger partial charge in [0.15, 0.2) is 11.9 Å². The summed E-state index contributed by atoms with van der Waals surface area (Å²) >= 11 is 0. The predicted molar refractivity (Wildman–Crippen MR) is 60.8 cm³/mol. The molecule has 4 nitrogen and oxygen atoms in total. The second kappa shape index (κ2) is 4.46. The molecule has 1 aliphatic rings.